The number of amides is 2. The maximum atomic E-state index is 12.8. The van der Waals surface area contributed by atoms with Crippen LogP contribution in [0, 0.1) is 12.8 Å². The molecule has 26 heavy (non-hydrogen) atoms. The first kappa shape index (κ1) is 18.7. The van der Waals surface area contributed by atoms with Gasteiger partial charge in [0.15, 0.2) is 6.10 Å². The van der Waals surface area contributed by atoms with Crippen LogP contribution in [0.3, 0.4) is 0 Å². The van der Waals surface area contributed by atoms with E-state index in [-0.39, 0.29) is 17.7 Å². The van der Waals surface area contributed by atoms with Crippen LogP contribution in [0.15, 0.2) is 24.3 Å². The molecular formula is C20H28N2O4. The molecule has 0 aromatic heterocycles. The van der Waals surface area contributed by atoms with E-state index in [0.29, 0.717) is 45.1 Å². The molecule has 2 aliphatic heterocycles. The first-order valence-electron chi connectivity index (χ1n) is 9.43. The zero-order valence-corrected chi connectivity index (χ0v) is 15.6. The lowest BCUT2D eigenvalue weighted by atomic mass is 9.96. The van der Waals surface area contributed by atoms with E-state index >= 15 is 0 Å². The third-order valence-electron chi connectivity index (χ3n) is 5.06. The second-order valence-corrected chi connectivity index (χ2v) is 7.14. The summed E-state index contributed by atoms with van der Waals surface area (Å²) in [7, 11) is 0. The molecule has 0 aliphatic carbocycles. The van der Waals surface area contributed by atoms with Crippen molar-refractivity contribution < 1.29 is 19.1 Å². The molecule has 0 N–H and O–H groups in total. The van der Waals surface area contributed by atoms with Crippen LogP contribution in [0.2, 0.25) is 0 Å². The molecule has 2 aliphatic rings. The van der Waals surface area contributed by atoms with Crippen LogP contribution < -0.4 is 4.74 Å². The highest BCUT2D eigenvalue weighted by molar-refractivity contribution is 5.83. The molecule has 0 bridgehead atoms. The van der Waals surface area contributed by atoms with Gasteiger partial charge in [-0.2, -0.15) is 0 Å². The predicted octanol–water partition coefficient (Wildman–Crippen LogP) is 1.86. The van der Waals surface area contributed by atoms with Crippen LogP contribution in [0.5, 0.6) is 5.75 Å². The van der Waals surface area contributed by atoms with Gasteiger partial charge in [0.25, 0.3) is 5.91 Å². The molecule has 2 atom stereocenters. The molecule has 2 fully saturated rings. The van der Waals surface area contributed by atoms with E-state index in [1.807, 2.05) is 36.1 Å². The Kier molecular flexibility index (Phi) is 6.14. The Labute approximate surface area is 155 Å². The number of carbonyl (C=O) groups excluding carboxylic acids is 2. The maximum absolute atomic E-state index is 12.8. The number of ether oxygens (including phenoxy) is 2. The minimum atomic E-state index is -0.561. The topological polar surface area (TPSA) is 59.1 Å². The smallest absolute Gasteiger partial charge is 0.263 e. The number of aryl methyl sites for hydroxylation is 1. The zero-order valence-electron chi connectivity index (χ0n) is 15.6. The number of likely N-dealkylation sites (tertiary alicyclic amines) is 1. The van der Waals surface area contributed by atoms with Crippen molar-refractivity contribution in [3.05, 3.63) is 29.8 Å². The number of piperidine rings is 1. The second kappa shape index (κ2) is 8.54. The highest BCUT2D eigenvalue weighted by Crippen LogP contribution is 2.21. The lowest BCUT2D eigenvalue weighted by Crippen LogP contribution is -2.51. The number of hydrogen-bond acceptors (Lipinski definition) is 4. The molecule has 2 unspecified atom stereocenters. The van der Waals surface area contributed by atoms with Gasteiger partial charge in [-0.1, -0.05) is 12.1 Å². The number of carbonyl (C=O) groups is 2. The molecule has 2 saturated heterocycles. The molecule has 6 heteroatoms. The Hall–Kier alpha value is -2.08. The summed E-state index contributed by atoms with van der Waals surface area (Å²) in [6.07, 6.45) is 1.13. The van der Waals surface area contributed by atoms with Gasteiger partial charge < -0.3 is 19.3 Å². The van der Waals surface area contributed by atoms with Crippen LogP contribution in [0.1, 0.15) is 25.3 Å². The SMILES string of the molecule is Cc1cccc(OC(C)C(=O)N2CCCC(C(=O)N3CCOCC3)C2)c1. The Morgan fingerprint density at radius 1 is 1.19 bits per heavy atom. The maximum Gasteiger partial charge on any atom is 0.263 e. The standard InChI is InChI=1S/C20H28N2O4/c1-15-5-3-7-18(13-15)26-16(2)19(23)22-8-4-6-17(14-22)20(24)21-9-11-25-12-10-21/h3,5,7,13,16-17H,4,6,8-12,14H2,1-2H3. The summed E-state index contributed by atoms with van der Waals surface area (Å²) < 4.78 is 11.1. The molecule has 2 heterocycles. The van der Waals surface area contributed by atoms with Crippen molar-refractivity contribution in [2.24, 2.45) is 5.92 Å². The van der Waals surface area contributed by atoms with Crippen molar-refractivity contribution in [2.45, 2.75) is 32.8 Å². The van der Waals surface area contributed by atoms with Gasteiger partial charge in [0.05, 0.1) is 19.1 Å². The Bertz CT molecular complexity index is 642. The predicted molar refractivity (Wildman–Crippen MR) is 98.0 cm³/mol. The molecule has 0 radical (unpaired) electrons. The van der Waals surface area contributed by atoms with Gasteiger partial charge in [-0.15, -0.1) is 0 Å². The summed E-state index contributed by atoms with van der Waals surface area (Å²) in [4.78, 5) is 29.2. The summed E-state index contributed by atoms with van der Waals surface area (Å²) in [6.45, 7) is 7.44. The van der Waals surface area contributed by atoms with Crippen molar-refractivity contribution in [1.82, 2.24) is 9.80 Å². The largest absolute Gasteiger partial charge is 0.481 e. The van der Waals surface area contributed by atoms with Gasteiger partial charge >= 0.3 is 0 Å². The van der Waals surface area contributed by atoms with Crippen molar-refractivity contribution in [2.75, 3.05) is 39.4 Å². The van der Waals surface area contributed by atoms with E-state index in [2.05, 4.69) is 0 Å². The van der Waals surface area contributed by atoms with Gasteiger partial charge in [0.1, 0.15) is 5.75 Å². The number of rotatable bonds is 4. The van der Waals surface area contributed by atoms with Crippen molar-refractivity contribution in [1.29, 1.82) is 0 Å². The highest BCUT2D eigenvalue weighted by Gasteiger charge is 2.33. The average Bonchev–Trinajstić information content (AvgIpc) is 2.67. The van der Waals surface area contributed by atoms with Crippen LogP contribution in [0.4, 0.5) is 0 Å². The number of nitrogens with zero attached hydrogens (tertiary/aromatic N) is 2. The molecule has 2 amide bonds. The van der Waals surface area contributed by atoms with E-state index in [0.717, 1.165) is 18.4 Å². The minimum absolute atomic E-state index is 0.0500. The Balaban J connectivity index is 1.57. The Morgan fingerprint density at radius 2 is 1.96 bits per heavy atom. The lowest BCUT2D eigenvalue weighted by molar-refractivity contribution is -0.146. The molecule has 1 aromatic rings. The Morgan fingerprint density at radius 3 is 2.69 bits per heavy atom. The molecular weight excluding hydrogens is 332 g/mol. The van der Waals surface area contributed by atoms with E-state index in [4.69, 9.17) is 9.47 Å². The lowest BCUT2D eigenvalue weighted by Gasteiger charge is -2.37. The molecule has 1 aromatic carbocycles. The van der Waals surface area contributed by atoms with E-state index in [9.17, 15) is 9.59 Å². The fourth-order valence-electron chi connectivity index (χ4n) is 3.62. The molecule has 0 spiro atoms. The van der Waals surface area contributed by atoms with E-state index in [1.165, 1.54) is 0 Å². The summed E-state index contributed by atoms with van der Waals surface area (Å²) >= 11 is 0. The van der Waals surface area contributed by atoms with Gasteiger partial charge in [-0.05, 0) is 44.4 Å². The van der Waals surface area contributed by atoms with Crippen molar-refractivity contribution in [3.63, 3.8) is 0 Å². The first-order valence-corrected chi connectivity index (χ1v) is 9.43. The monoisotopic (exact) mass is 360 g/mol. The van der Waals surface area contributed by atoms with Gasteiger partial charge in [0.2, 0.25) is 5.91 Å². The summed E-state index contributed by atoms with van der Waals surface area (Å²) in [5.74, 6) is 0.685. The quantitative estimate of drug-likeness (QED) is 0.822. The minimum Gasteiger partial charge on any atom is -0.481 e. The third kappa shape index (κ3) is 4.55. The first-order chi connectivity index (χ1) is 12.5. The fourth-order valence-corrected chi connectivity index (χ4v) is 3.62. The van der Waals surface area contributed by atoms with Gasteiger partial charge in [-0.3, -0.25) is 9.59 Å². The highest BCUT2D eigenvalue weighted by atomic mass is 16.5. The van der Waals surface area contributed by atoms with Gasteiger partial charge in [0, 0.05) is 26.2 Å². The van der Waals surface area contributed by atoms with Gasteiger partial charge in [-0.25, -0.2) is 0 Å². The third-order valence-corrected chi connectivity index (χ3v) is 5.06. The second-order valence-electron chi connectivity index (χ2n) is 7.14. The molecule has 142 valence electrons. The van der Waals surface area contributed by atoms with E-state index in [1.54, 1.807) is 11.8 Å². The van der Waals surface area contributed by atoms with E-state index < -0.39 is 6.10 Å². The van der Waals surface area contributed by atoms with Crippen LogP contribution in [-0.4, -0.2) is 67.1 Å². The zero-order chi connectivity index (χ0) is 18.5. The summed E-state index contributed by atoms with van der Waals surface area (Å²) in [5, 5.41) is 0. The molecule has 6 nitrogen and oxygen atoms in total. The molecule has 0 saturated carbocycles. The summed E-state index contributed by atoms with van der Waals surface area (Å²) in [5.41, 5.74) is 1.09. The normalized spacial score (nSPS) is 22.0. The fraction of sp³-hybridized carbons (Fsp3) is 0.600. The number of benzene rings is 1. The van der Waals surface area contributed by atoms with Crippen LogP contribution in [0.25, 0.3) is 0 Å². The average molecular weight is 360 g/mol. The van der Waals surface area contributed by atoms with Crippen LogP contribution >= 0.6 is 0 Å². The van der Waals surface area contributed by atoms with Crippen molar-refractivity contribution >= 4 is 11.8 Å². The van der Waals surface area contributed by atoms with Crippen LogP contribution in [-0.2, 0) is 14.3 Å². The number of morpholine rings is 1. The van der Waals surface area contributed by atoms with Crippen molar-refractivity contribution in [3.8, 4) is 5.75 Å². The molecule has 3 rings (SSSR count). The number of hydrogen-bond donors (Lipinski definition) is 0. The summed E-state index contributed by atoms with van der Waals surface area (Å²) in [6, 6.07) is 7.69.